The summed E-state index contributed by atoms with van der Waals surface area (Å²) in [7, 11) is 0. The molecule has 2 amide bonds. The third-order valence-corrected chi connectivity index (χ3v) is 5.07. The number of amides is 2. The van der Waals surface area contributed by atoms with Crippen LogP contribution in [-0.4, -0.2) is 35.9 Å². The largest absolute Gasteiger partial charge is 0.484 e. The highest BCUT2D eigenvalue weighted by Crippen LogP contribution is 2.17. The first-order valence-electron chi connectivity index (χ1n) is 9.46. The standard InChI is InChI=1S/C22H26BrClN2O3/c1-15(2)12-25-22(28)16(3)26(13-17-4-6-18(23)7-5-17)21(27)14-29-20-10-8-19(24)9-11-20/h4-11,15-16H,12-14H2,1-3H3,(H,25,28)/t16-/m0/s1. The summed E-state index contributed by atoms with van der Waals surface area (Å²) < 4.78 is 6.55. The van der Waals surface area contributed by atoms with Crippen LogP contribution in [0.3, 0.4) is 0 Å². The SMILES string of the molecule is CC(C)CNC(=O)[C@H](C)N(Cc1ccc(Br)cc1)C(=O)COc1ccc(Cl)cc1. The van der Waals surface area contributed by atoms with Gasteiger partial charge in [0.1, 0.15) is 11.8 Å². The van der Waals surface area contributed by atoms with Gasteiger partial charge in [0.25, 0.3) is 5.91 Å². The van der Waals surface area contributed by atoms with E-state index >= 15 is 0 Å². The monoisotopic (exact) mass is 480 g/mol. The highest BCUT2D eigenvalue weighted by Gasteiger charge is 2.26. The fourth-order valence-corrected chi connectivity index (χ4v) is 2.97. The molecule has 29 heavy (non-hydrogen) atoms. The van der Waals surface area contributed by atoms with Gasteiger partial charge in [0.2, 0.25) is 5.91 Å². The van der Waals surface area contributed by atoms with E-state index in [0.29, 0.717) is 29.8 Å². The molecule has 156 valence electrons. The zero-order chi connectivity index (χ0) is 21.4. The van der Waals surface area contributed by atoms with Crippen molar-refractivity contribution in [3.8, 4) is 5.75 Å². The molecule has 1 atom stereocenters. The van der Waals surface area contributed by atoms with E-state index in [1.54, 1.807) is 31.2 Å². The molecule has 0 bridgehead atoms. The Bertz CT molecular complexity index is 810. The highest BCUT2D eigenvalue weighted by atomic mass is 79.9. The molecule has 0 radical (unpaired) electrons. The molecule has 2 rings (SSSR count). The lowest BCUT2D eigenvalue weighted by molar-refractivity contribution is -0.142. The lowest BCUT2D eigenvalue weighted by atomic mass is 10.1. The van der Waals surface area contributed by atoms with Crippen molar-refractivity contribution < 1.29 is 14.3 Å². The van der Waals surface area contributed by atoms with Gasteiger partial charge < -0.3 is 15.0 Å². The van der Waals surface area contributed by atoms with E-state index in [0.717, 1.165) is 10.0 Å². The number of halogens is 2. The Balaban J connectivity index is 2.10. The van der Waals surface area contributed by atoms with Crippen molar-refractivity contribution in [1.82, 2.24) is 10.2 Å². The van der Waals surface area contributed by atoms with E-state index in [1.165, 1.54) is 4.90 Å². The van der Waals surface area contributed by atoms with Gasteiger partial charge in [-0.1, -0.05) is 53.5 Å². The molecule has 5 nitrogen and oxygen atoms in total. The molecule has 2 aromatic carbocycles. The summed E-state index contributed by atoms with van der Waals surface area (Å²) in [5.41, 5.74) is 0.927. The summed E-state index contributed by atoms with van der Waals surface area (Å²) in [6.07, 6.45) is 0. The van der Waals surface area contributed by atoms with E-state index < -0.39 is 6.04 Å². The molecule has 0 saturated carbocycles. The smallest absolute Gasteiger partial charge is 0.261 e. The van der Waals surface area contributed by atoms with Crippen molar-refractivity contribution in [2.45, 2.75) is 33.4 Å². The van der Waals surface area contributed by atoms with E-state index in [-0.39, 0.29) is 18.4 Å². The van der Waals surface area contributed by atoms with Crippen LogP contribution in [-0.2, 0) is 16.1 Å². The number of rotatable bonds is 9. The summed E-state index contributed by atoms with van der Waals surface area (Å²) in [5, 5.41) is 3.49. The van der Waals surface area contributed by atoms with Gasteiger partial charge in [-0.3, -0.25) is 9.59 Å². The topological polar surface area (TPSA) is 58.6 Å². The first kappa shape index (κ1) is 23.2. The Morgan fingerprint density at radius 3 is 2.28 bits per heavy atom. The number of carbonyl (C=O) groups is 2. The summed E-state index contributed by atoms with van der Waals surface area (Å²) in [5.74, 6) is 0.420. The van der Waals surface area contributed by atoms with E-state index in [2.05, 4.69) is 21.2 Å². The Morgan fingerprint density at radius 1 is 1.07 bits per heavy atom. The van der Waals surface area contributed by atoms with Crippen molar-refractivity contribution in [2.75, 3.05) is 13.2 Å². The second kappa shape index (κ2) is 11.2. The summed E-state index contributed by atoms with van der Waals surface area (Å²) in [6, 6.07) is 13.8. The maximum atomic E-state index is 12.9. The number of nitrogens with zero attached hydrogens (tertiary/aromatic N) is 1. The molecule has 0 fully saturated rings. The third kappa shape index (κ3) is 7.71. The summed E-state index contributed by atoms with van der Waals surface area (Å²) in [6.45, 7) is 6.48. The third-order valence-electron chi connectivity index (χ3n) is 4.29. The molecule has 0 aliphatic heterocycles. The first-order valence-corrected chi connectivity index (χ1v) is 10.6. The fraction of sp³-hybridized carbons (Fsp3) is 0.364. The van der Waals surface area contributed by atoms with Crippen molar-refractivity contribution in [1.29, 1.82) is 0 Å². The van der Waals surface area contributed by atoms with Crippen LogP contribution >= 0.6 is 27.5 Å². The number of benzene rings is 2. The van der Waals surface area contributed by atoms with Crippen LogP contribution in [0.25, 0.3) is 0 Å². The van der Waals surface area contributed by atoms with Gasteiger partial charge in [-0.25, -0.2) is 0 Å². The van der Waals surface area contributed by atoms with E-state index in [4.69, 9.17) is 16.3 Å². The molecule has 2 aromatic rings. The second-order valence-corrected chi connectivity index (χ2v) is 8.56. The first-order chi connectivity index (χ1) is 13.8. The molecule has 0 heterocycles. The van der Waals surface area contributed by atoms with Crippen molar-refractivity contribution in [3.63, 3.8) is 0 Å². The van der Waals surface area contributed by atoms with Gasteiger partial charge in [0.05, 0.1) is 0 Å². The van der Waals surface area contributed by atoms with Crippen LogP contribution in [0.2, 0.25) is 5.02 Å². The van der Waals surface area contributed by atoms with Crippen molar-refractivity contribution in [3.05, 3.63) is 63.6 Å². The second-order valence-electron chi connectivity index (χ2n) is 7.21. The molecular weight excluding hydrogens is 456 g/mol. The van der Waals surface area contributed by atoms with Crippen LogP contribution in [0.15, 0.2) is 53.0 Å². The van der Waals surface area contributed by atoms with Crippen LogP contribution in [0.5, 0.6) is 5.75 Å². The summed E-state index contributed by atoms with van der Waals surface area (Å²) in [4.78, 5) is 27.0. The zero-order valence-corrected chi connectivity index (χ0v) is 19.2. The molecule has 0 spiro atoms. The van der Waals surface area contributed by atoms with E-state index in [9.17, 15) is 9.59 Å². The minimum Gasteiger partial charge on any atom is -0.484 e. The van der Waals surface area contributed by atoms with Gasteiger partial charge in [0, 0.05) is 22.6 Å². The molecule has 0 aromatic heterocycles. The van der Waals surface area contributed by atoms with Crippen LogP contribution in [0.1, 0.15) is 26.3 Å². The van der Waals surface area contributed by atoms with Crippen LogP contribution in [0, 0.1) is 5.92 Å². The molecule has 1 N–H and O–H groups in total. The maximum absolute atomic E-state index is 12.9. The number of carbonyl (C=O) groups excluding carboxylic acids is 2. The van der Waals surface area contributed by atoms with Gasteiger partial charge in [0.15, 0.2) is 6.61 Å². The average Bonchev–Trinajstić information content (AvgIpc) is 2.70. The Kier molecular flexibility index (Phi) is 8.99. The minimum atomic E-state index is -0.626. The number of ether oxygens (including phenoxy) is 1. The van der Waals surface area contributed by atoms with Gasteiger partial charge in [-0.05, 0) is 54.8 Å². The lowest BCUT2D eigenvalue weighted by Crippen LogP contribution is -2.49. The van der Waals surface area contributed by atoms with Crippen molar-refractivity contribution in [2.24, 2.45) is 5.92 Å². The Labute approximate surface area is 185 Å². The van der Waals surface area contributed by atoms with Crippen LogP contribution in [0.4, 0.5) is 0 Å². The number of hydrogen-bond donors (Lipinski definition) is 1. The Morgan fingerprint density at radius 2 is 1.69 bits per heavy atom. The molecular formula is C22H26BrClN2O3. The predicted molar refractivity (Wildman–Crippen MR) is 119 cm³/mol. The quantitative estimate of drug-likeness (QED) is 0.566. The number of nitrogens with one attached hydrogen (secondary N) is 1. The fourth-order valence-electron chi connectivity index (χ4n) is 2.58. The predicted octanol–water partition coefficient (Wildman–Crippen LogP) is 4.67. The molecule has 7 heteroatoms. The average molecular weight is 482 g/mol. The highest BCUT2D eigenvalue weighted by molar-refractivity contribution is 9.10. The van der Waals surface area contributed by atoms with Gasteiger partial charge >= 0.3 is 0 Å². The normalized spacial score (nSPS) is 11.8. The minimum absolute atomic E-state index is 0.167. The van der Waals surface area contributed by atoms with Crippen LogP contribution < -0.4 is 10.1 Å². The van der Waals surface area contributed by atoms with E-state index in [1.807, 2.05) is 38.1 Å². The van der Waals surface area contributed by atoms with Gasteiger partial charge in [-0.15, -0.1) is 0 Å². The molecule has 0 aliphatic rings. The lowest BCUT2D eigenvalue weighted by Gasteiger charge is -2.29. The van der Waals surface area contributed by atoms with Crippen molar-refractivity contribution >= 4 is 39.3 Å². The Hall–Kier alpha value is -2.05. The zero-order valence-electron chi connectivity index (χ0n) is 16.8. The maximum Gasteiger partial charge on any atom is 0.261 e. The molecule has 0 saturated heterocycles. The van der Waals surface area contributed by atoms with Gasteiger partial charge in [-0.2, -0.15) is 0 Å². The number of hydrogen-bond acceptors (Lipinski definition) is 3. The summed E-state index contributed by atoms with van der Waals surface area (Å²) >= 11 is 9.28. The molecule has 0 aliphatic carbocycles. The molecule has 0 unspecified atom stereocenters.